The standard InChI is InChI=1S/C18H28N2S/c1-2-17-14-20(13-15-8-10-21-11-9-15)18(12-19-17)16-6-4-3-5-7-16/h3-7,15,17-19H,2,8-14H2,1H3. The molecule has 2 aliphatic rings. The van der Waals surface area contributed by atoms with Crippen LogP contribution in [0.3, 0.4) is 0 Å². The molecule has 1 aromatic carbocycles. The van der Waals surface area contributed by atoms with Crippen LogP contribution in [-0.2, 0) is 0 Å². The molecule has 0 radical (unpaired) electrons. The Bertz CT molecular complexity index is 416. The quantitative estimate of drug-likeness (QED) is 0.916. The lowest BCUT2D eigenvalue weighted by Crippen LogP contribution is -2.53. The third-order valence-electron chi connectivity index (χ3n) is 5.01. The van der Waals surface area contributed by atoms with Crippen LogP contribution in [0.1, 0.15) is 37.8 Å². The molecule has 0 spiro atoms. The second-order valence-electron chi connectivity index (χ2n) is 6.45. The molecule has 2 saturated heterocycles. The Morgan fingerprint density at radius 1 is 1.19 bits per heavy atom. The predicted octanol–water partition coefficient (Wildman–Crippen LogP) is 3.55. The topological polar surface area (TPSA) is 15.3 Å². The zero-order chi connectivity index (χ0) is 14.5. The molecule has 2 unspecified atom stereocenters. The number of nitrogens with one attached hydrogen (secondary N) is 1. The van der Waals surface area contributed by atoms with Crippen LogP contribution in [0, 0.1) is 5.92 Å². The summed E-state index contributed by atoms with van der Waals surface area (Å²) in [5.41, 5.74) is 1.48. The van der Waals surface area contributed by atoms with E-state index in [9.17, 15) is 0 Å². The van der Waals surface area contributed by atoms with Crippen molar-refractivity contribution in [3.05, 3.63) is 35.9 Å². The van der Waals surface area contributed by atoms with E-state index in [0.29, 0.717) is 12.1 Å². The summed E-state index contributed by atoms with van der Waals surface area (Å²) in [5.74, 6) is 3.64. The first-order valence-electron chi connectivity index (χ1n) is 8.47. The summed E-state index contributed by atoms with van der Waals surface area (Å²) in [6, 6.07) is 12.3. The molecule has 0 aliphatic carbocycles. The van der Waals surface area contributed by atoms with Gasteiger partial charge in [0.25, 0.3) is 0 Å². The minimum absolute atomic E-state index is 0.559. The smallest absolute Gasteiger partial charge is 0.0473 e. The van der Waals surface area contributed by atoms with Gasteiger partial charge in [-0.15, -0.1) is 0 Å². The van der Waals surface area contributed by atoms with Crippen LogP contribution in [0.15, 0.2) is 30.3 Å². The van der Waals surface area contributed by atoms with Gasteiger partial charge in [0.15, 0.2) is 0 Å². The van der Waals surface area contributed by atoms with Gasteiger partial charge in [-0.05, 0) is 42.2 Å². The fourth-order valence-electron chi connectivity index (χ4n) is 3.62. The maximum atomic E-state index is 3.74. The van der Waals surface area contributed by atoms with E-state index >= 15 is 0 Å². The second kappa shape index (κ2) is 7.66. The monoisotopic (exact) mass is 304 g/mol. The molecule has 0 bridgehead atoms. The fourth-order valence-corrected chi connectivity index (χ4v) is 4.83. The van der Waals surface area contributed by atoms with Gasteiger partial charge < -0.3 is 5.32 Å². The maximum absolute atomic E-state index is 3.74. The van der Waals surface area contributed by atoms with E-state index in [2.05, 4.69) is 59.2 Å². The minimum Gasteiger partial charge on any atom is -0.311 e. The third kappa shape index (κ3) is 4.02. The van der Waals surface area contributed by atoms with Gasteiger partial charge in [-0.25, -0.2) is 0 Å². The molecule has 2 nitrogen and oxygen atoms in total. The fraction of sp³-hybridized carbons (Fsp3) is 0.667. The van der Waals surface area contributed by atoms with E-state index in [1.807, 2.05) is 0 Å². The van der Waals surface area contributed by atoms with Crippen molar-refractivity contribution < 1.29 is 0 Å². The lowest BCUT2D eigenvalue weighted by atomic mass is 9.96. The van der Waals surface area contributed by atoms with Gasteiger partial charge in [0.05, 0.1) is 0 Å². The van der Waals surface area contributed by atoms with E-state index < -0.39 is 0 Å². The molecule has 2 aliphatic heterocycles. The van der Waals surface area contributed by atoms with E-state index in [1.54, 1.807) is 0 Å². The molecule has 0 amide bonds. The second-order valence-corrected chi connectivity index (χ2v) is 7.67. The van der Waals surface area contributed by atoms with Gasteiger partial charge in [0, 0.05) is 31.7 Å². The van der Waals surface area contributed by atoms with Gasteiger partial charge in [0.2, 0.25) is 0 Å². The molecule has 1 N–H and O–H groups in total. The largest absolute Gasteiger partial charge is 0.311 e. The molecule has 2 atom stereocenters. The SMILES string of the molecule is CCC1CN(CC2CCSCC2)C(c2ccccc2)CN1. The van der Waals surface area contributed by atoms with Gasteiger partial charge >= 0.3 is 0 Å². The Kier molecular flexibility index (Phi) is 5.61. The Hall–Kier alpha value is -0.510. The highest BCUT2D eigenvalue weighted by Crippen LogP contribution is 2.29. The summed E-state index contributed by atoms with van der Waals surface area (Å²) in [7, 11) is 0. The number of hydrogen-bond donors (Lipinski definition) is 1. The van der Waals surface area contributed by atoms with Crippen molar-refractivity contribution in [2.75, 3.05) is 31.1 Å². The van der Waals surface area contributed by atoms with Crippen LogP contribution < -0.4 is 5.32 Å². The first-order chi connectivity index (χ1) is 10.4. The molecular weight excluding hydrogens is 276 g/mol. The van der Waals surface area contributed by atoms with Crippen molar-refractivity contribution in [1.29, 1.82) is 0 Å². The van der Waals surface area contributed by atoms with Gasteiger partial charge in [-0.1, -0.05) is 37.3 Å². The molecule has 21 heavy (non-hydrogen) atoms. The Morgan fingerprint density at radius 2 is 1.95 bits per heavy atom. The lowest BCUT2D eigenvalue weighted by Gasteiger charge is -2.42. The summed E-state index contributed by atoms with van der Waals surface area (Å²) in [5, 5.41) is 3.74. The van der Waals surface area contributed by atoms with Gasteiger partial charge in [-0.3, -0.25) is 4.90 Å². The Balaban J connectivity index is 1.70. The van der Waals surface area contributed by atoms with E-state index in [4.69, 9.17) is 0 Å². The van der Waals surface area contributed by atoms with E-state index in [1.165, 1.54) is 49.4 Å². The average Bonchev–Trinajstić information content (AvgIpc) is 2.56. The summed E-state index contributed by atoms with van der Waals surface area (Å²) in [6.45, 7) is 5.90. The lowest BCUT2D eigenvalue weighted by molar-refractivity contribution is 0.106. The molecule has 3 rings (SSSR count). The minimum atomic E-state index is 0.559. The van der Waals surface area contributed by atoms with Crippen molar-refractivity contribution in [2.24, 2.45) is 5.92 Å². The number of piperazine rings is 1. The summed E-state index contributed by atoms with van der Waals surface area (Å²) in [6.07, 6.45) is 4.05. The highest BCUT2D eigenvalue weighted by atomic mass is 32.2. The van der Waals surface area contributed by atoms with E-state index in [-0.39, 0.29) is 0 Å². The molecule has 2 fully saturated rings. The highest BCUT2D eigenvalue weighted by Gasteiger charge is 2.30. The number of benzene rings is 1. The van der Waals surface area contributed by atoms with Crippen LogP contribution in [-0.4, -0.2) is 42.1 Å². The molecular formula is C18H28N2S. The van der Waals surface area contributed by atoms with Crippen LogP contribution >= 0.6 is 11.8 Å². The van der Waals surface area contributed by atoms with Crippen LogP contribution in [0.5, 0.6) is 0 Å². The molecule has 0 saturated carbocycles. The molecule has 3 heteroatoms. The van der Waals surface area contributed by atoms with E-state index in [0.717, 1.165) is 12.5 Å². The zero-order valence-corrected chi connectivity index (χ0v) is 13.9. The van der Waals surface area contributed by atoms with Gasteiger partial charge in [-0.2, -0.15) is 11.8 Å². The van der Waals surface area contributed by atoms with Crippen LogP contribution in [0.4, 0.5) is 0 Å². The normalized spacial score (nSPS) is 28.6. The van der Waals surface area contributed by atoms with Crippen LogP contribution in [0.2, 0.25) is 0 Å². The van der Waals surface area contributed by atoms with Crippen LogP contribution in [0.25, 0.3) is 0 Å². The van der Waals surface area contributed by atoms with Crippen molar-refractivity contribution in [3.63, 3.8) is 0 Å². The van der Waals surface area contributed by atoms with Crippen molar-refractivity contribution in [2.45, 2.75) is 38.3 Å². The predicted molar refractivity (Wildman–Crippen MR) is 92.9 cm³/mol. The zero-order valence-electron chi connectivity index (χ0n) is 13.1. The first-order valence-corrected chi connectivity index (χ1v) is 9.62. The Labute approximate surface area is 133 Å². The summed E-state index contributed by atoms with van der Waals surface area (Å²) >= 11 is 2.13. The molecule has 1 aromatic rings. The number of rotatable bonds is 4. The number of thioether (sulfide) groups is 1. The third-order valence-corrected chi connectivity index (χ3v) is 6.06. The van der Waals surface area contributed by atoms with Crippen molar-refractivity contribution >= 4 is 11.8 Å². The molecule has 2 heterocycles. The molecule has 0 aromatic heterocycles. The highest BCUT2D eigenvalue weighted by molar-refractivity contribution is 7.99. The first kappa shape index (κ1) is 15.4. The van der Waals surface area contributed by atoms with Gasteiger partial charge in [0.1, 0.15) is 0 Å². The summed E-state index contributed by atoms with van der Waals surface area (Å²) < 4.78 is 0. The van der Waals surface area contributed by atoms with Crippen molar-refractivity contribution in [1.82, 2.24) is 10.2 Å². The molecule has 116 valence electrons. The van der Waals surface area contributed by atoms with Crippen molar-refractivity contribution in [3.8, 4) is 0 Å². The Morgan fingerprint density at radius 3 is 2.67 bits per heavy atom. The average molecular weight is 305 g/mol. The number of nitrogens with zero attached hydrogens (tertiary/aromatic N) is 1. The summed E-state index contributed by atoms with van der Waals surface area (Å²) in [4.78, 5) is 2.76. The number of hydrogen-bond acceptors (Lipinski definition) is 3. The maximum Gasteiger partial charge on any atom is 0.0473 e.